The number of nitrogens with zero attached hydrogens (tertiary/aromatic N) is 1. The summed E-state index contributed by atoms with van der Waals surface area (Å²) < 4.78 is 5.89. The average molecular weight is 285 g/mol. The van der Waals surface area contributed by atoms with Crippen molar-refractivity contribution in [1.82, 2.24) is 4.98 Å². The zero-order valence-corrected chi connectivity index (χ0v) is 12.4. The Morgan fingerprint density at radius 1 is 1.19 bits per heavy atom. The maximum atomic E-state index is 9.51. The summed E-state index contributed by atoms with van der Waals surface area (Å²) in [5.41, 5.74) is 2.72. The number of hydrogen-bond donors (Lipinski definition) is 2. The molecular weight excluding hydrogens is 265 g/mol. The molecule has 0 radical (unpaired) electrons. The highest BCUT2D eigenvalue weighted by atomic mass is 16.5. The van der Waals surface area contributed by atoms with Gasteiger partial charge in [0.05, 0.1) is 12.3 Å². The van der Waals surface area contributed by atoms with Crippen LogP contribution in [0.3, 0.4) is 0 Å². The molecule has 1 heterocycles. The number of rotatable bonds is 6. The maximum absolute atomic E-state index is 9.51. The first-order valence-electron chi connectivity index (χ1n) is 7.19. The van der Waals surface area contributed by atoms with Crippen LogP contribution in [0.2, 0.25) is 0 Å². The molecule has 4 nitrogen and oxygen atoms in total. The molecule has 0 unspecified atom stereocenters. The van der Waals surface area contributed by atoms with Crippen molar-refractivity contribution in [2.45, 2.75) is 26.7 Å². The fourth-order valence-electron chi connectivity index (χ4n) is 2.20. The van der Waals surface area contributed by atoms with E-state index in [9.17, 15) is 10.0 Å². The predicted octanol–water partition coefficient (Wildman–Crippen LogP) is 1.92. The minimum Gasteiger partial charge on any atom is -0.493 e. The molecule has 21 heavy (non-hydrogen) atoms. The Bertz CT molecular complexity index is 602. The van der Waals surface area contributed by atoms with Crippen LogP contribution in [0.1, 0.15) is 25.3 Å². The van der Waals surface area contributed by atoms with Gasteiger partial charge in [-0.2, -0.15) is 0 Å². The summed E-state index contributed by atoms with van der Waals surface area (Å²) >= 11 is 0. The first kappa shape index (κ1) is 15.5. The van der Waals surface area contributed by atoms with E-state index in [0.29, 0.717) is 17.8 Å². The van der Waals surface area contributed by atoms with Crippen LogP contribution in [-0.4, -0.2) is 28.8 Å². The quantitative estimate of drug-likeness (QED) is 0.628. The Balaban J connectivity index is 2.46. The van der Waals surface area contributed by atoms with Gasteiger partial charge >= 0.3 is 7.12 Å². The van der Waals surface area contributed by atoms with E-state index in [2.05, 4.69) is 11.9 Å². The topological polar surface area (TPSA) is 62.6 Å². The van der Waals surface area contributed by atoms with Crippen molar-refractivity contribution in [3.8, 4) is 17.0 Å². The maximum Gasteiger partial charge on any atom is 0.490 e. The van der Waals surface area contributed by atoms with E-state index in [1.54, 1.807) is 18.3 Å². The smallest absolute Gasteiger partial charge is 0.490 e. The van der Waals surface area contributed by atoms with Crippen LogP contribution in [0.25, 0.3) is 11.3 Å². The fourth-order valence-corrected chi connectivity index (χ4v) is 2.20. The molecule has 0 aliphatic heterocycles. The lowest BCUT2D eigenvalue weighted by Gasteiger charge is -2.15. The van der Waals surface area contributed by atoms with Gasteiger partial charge in [0, 0.05) is 17.2 Å². The van der Waals surface area contributed by atoms with Crippen molar-refractivity contribution >= 4 is 12.6 Å². The molecule has 2 rings (SSSR count). The minimum atomic E-state index is -1.56. The number of aromatic nitrogens is 1. The Morgan fingerprint density at radius 3 is 2.71 bits per heavy atom. The second-order valence-electron chi connectivity index (χ2n) is 4.97. The van der Waals surface area contributed by atoms with Crippen LogP contribution >= 0.6 is 0 Å². The first-order valence-corrected chi connectivity index (χ1v) is 7.19. The number of aryl methyl sites for hydroxylation is 1. The van der Waals surface area contributed by atoms with Gasteiger partial charge in [-0.15, -0.1) is 0 Å². The van der Waals surface area contributed by atoms with Crippen LogP contribution < -0.4 is 10.2 Å². The SMILES string of the molecule is CCCCOc1c(C)cccc1-c1ncccc1B(O)O. The van der Waals surface area contributed by atoms with Crippen molar-refractivity contribution in [1.29, 1.82) is 0 Å². The highest BCUT2D eigenvalue weighted by Gasteiger charge is 2.20. The number of pyridine rings is 1. The van der Waals surface area contributed by atoms with Crippen molar-refractivity contribution in [3.05, 3.63) is 42.1 Å². The molecule has 0 atom stereocenters. The van der Waals surface area contributed by atoms with Gasteiger partial charge in [0.15, 0.2) is 0 Å². The molecule has 0 aliphatic rings. The summed E-state index contributed by atoms with van der Waals surface area (Å²) in [6.07, 6.45) is 3.68. The largest absolute Gasteiger partial charge is 0.493 e. The van der Waals surface area contributed by atoms with Crippen LogP contribution in [0.4, 0.5) is 0 Å². The van der Waals surface area contributed by atoms with Crippen LogP contribution in [0.5, 0.6) is 5.75 Å². The van der Waals surface area contributed by atoms with E-state index < -0.39 is 7.12 Å². The minimum absolute atomic E-state index is 0.378. The molecular formula is C16H20BNO3. The average Bonchev–Trinajstić information content (AvgIpc) is 2.49. The normalized spacial score (nSPS) is 10.5. The lowest BCUT2D eigenvalue weighted by Crippen LogP contribution is -2.32. The number of hydrogen-bond acceptors (Lipinski definition) is 4. The number of ether oxygens (including phenoxy) is 1. The van der Waals surface area contributed by atoms with Crippen molar-refractivity contribution in [2.75, 3.05) is 6.61 Å². The van der Waals surface area contributed by atoms with Gasteiger partial charge in [-0.25, -0.2) is 0 Å². The van der Waals surface area contributed by atoms with Crippen LogP contribution in [0, 0.1) is 6.92 Å². The first-order chi connectivity index (χ1) is 10.1. The van der Waals surface area contributed by atoms with Crippen molar-refractivity contribution < 1.29 is 14.8 Å². The molecule has 0 bridgehead atoms. The zero-order valence-electron chi connectivity index (χ0n) is 12.4. The molecule has 0 amide bonds. The second-order valence-corrected chi connectivity index (χ2v) is 4.97. The molecule has 0 aliphatic carbocycles. The third-order valence-electron chi connectivity index (χ3n) is 3.33. The molecule has 2 N–H and O–H groups in total. The van der Waals surface area contributed by atoms with Gasteiger partial charge in [0.2, 0.25) is 0 Å². The molecule has 1 aromatic carbocycles. The third kappa shape index (κ3) is 3.62. The molecule has 5 heteroatoms. The molecule has 0 saturated carbocycles. The van der Waals surface area contributed by atoms with Gasteiger partial charge in [0.1, 0.15) is 5.75 Å². The van der Waals surface area contributed by atoms with Crippen LogP contribution in [0.15, 0.2) is 36.5 Å². The van der Waals surface area contributed by atoms with E-state index in [1.165, 1.54) is 0 Å². The summed E-state index contributed by atoms with van der Waals surface area (Å²) in [4.78, 5) is 4.30. The monoisotopic (exact) mass is 285 g/mol. The molecule has 1 aromatic heterocycles. The van der Waals surface area contributed by atoms with E-state index >= 15 is 0 Å². The van der Waals surface area contributed by atoms with Crippen LogP contribution in [-0.2, 0) is 0 Å². The summed E-state index contributed by atoms with van der Waals surface area (Å²) in [5, 5.41) is 19.0. The Morgan fingerprint density at radius 2 is 2.00 bits per heavy atom. The summed E-state index contributed by atoms with van der Waals surface area (Å²) in [6, 6.07) is 9.13. The number of benzene rings is 1. The fraction of sp³-hybridized carbons (Fsp3) is 0.312. The molecule has 2 aromatic rings. The predicted molar refractivity (Wildman–Crippen MR) is 84.6 cm³/mol. The lowest BCUT2D eigenvalue weighted by atomic mass is 9.77. The van der Waals surface area contributed by atoms with Crippen molar-refractivity contribution in [2.24, 2.45) is 0 Å². The Hall–Kier alpha value is -1.85. The summed E-state index contributed by atoms with van der Waals surface area (Å²) in [6.45, 7) is 4.72. The zero-order chi connectivity index (χ0) is 15.2. The van der Waals surface area contributed by atoms with Gasteiger partial charge in [-0.3, -0.25) is 4.98 Å². The molecule has 110 valence electrons. The van der Waals surface area contributed by atoms with E-state index in [-0.39, 0.29) is 0 Å². The summed E-state index contributed by atoms with van der Waals surface area (Å²) in [5.74, 6) is 0.756. The lowest BCUT2D eigenvalue weighted by molar-refractivity contribution is 0.308. The van der Waals surface area contributed by atoms with Crippen molar-refractivity contribution in [3.63, 3.8) is 0 Å². The highest BCUT2D eigenvalue weighted by molar-refractivity contribution is 6.60. The third-order valence-corrected chi connectivity index (χ3v) is 3.33. The van der Waals surface area contributed by atoms with Gasteiger partial charge < -0.3 is 14.8 Å². The molecule has 0 saturated heterocycles. The standard InChI is InChI=1S/C16H20BNO3/c1-3-4-11-21-16-12(2)7-5-8-13(16)15-14(17(19)20)9-6-10-18-15/h5-10,19-20H,3-4,11H2,1-2H3. The Labute approximate surface area is 125 Å². The number of para-hydroxylation sites is 1. The van der Waals surface area contributed by atoms with Gasteiger partial charge in [-0.05, 0) is 31.0 Å². The highest BCUT2D eigenvalue weighted by Crippen LogP contribution is 2.31. The molecule has 0 spiro atoms. The molecule has 0 fully saturated rings. The van der Waals surface area contributed by atoms with E-state index in [4.69, 9.17) is 4.74 Å². The summed E-state index contributed by atoms with van der Waals surface area (Å²) in [7, 11) is -1.56. The van der Waals surface area contributed by atoms with E-state index in [0.717, 1.165) is 29.7 Å². The van der Waals surface area contributed by atoms with Gasteiger partial charge in [0.25, 0.3) is 0 Å². The van der Waals surface area contributed by atoms with E-state index in [1.807, 2.05) is 25.1 Å². The van der Waals surface area contributed by atoms with Gasteiger partial charge in [-0.1, -0.05) is 31.5 Å². The Kier molecular flexibility index (Phi) is 5.36. The second kappa shape index (κ2) is 7.25. The number of unbranched alkanes of at least 4 members (excludes halogenated alkanes) is 1.